The van der Waals surface area contributed by atoms with Gasteiger partial charge in [-0.25, -0.2) is 0 Å². The molecule has 0 aromatic heterocycles. The summed E-state index contributed by atoms with van der Waals surface area (Å²) in [6.45, 7) is 8.02. The van der Waals surface area contributed by atoms with Crippen LogP contribution in [0.2, 0.25) is 0 Å². The van der Waals surface area contributed by atoms with E-state index in [9.17, 15) is 9.59 Å². The Hall–Kier alpha value is -1.79. The van der Waals surface area contributed by atoms with Crippen molar-refractivity contribution >= 4 is 17.6 Å². The average Bonchev–Trinajstić information content (AvgIpc) is 2.37. The Balaban J connectivity index is 4.81. The maximum absolute atomic E-state index is 12.2. The summed E-state index contributed by atoms with van der Waals surface area (Å²) in [4.78, 5) is 27.0. The number of likely N-dealkylation sites (N-methyl/N-ethyl adjacent to an activating group) is 2. The predicted octanol–water partition coefficient (Wildman–Crippen LogP) is 0.0858. The van der Waals surface area contributed by atoms with Gasteiger partial charge < -0.3 is 20.7 Å². The summed E-state index contributed by atoms with van der Waals surface area (Å²) in [5.41, 5.74) is 4.34. The number of rotatable bonds is 6. The van der Waals surface area contributed by atoms with Gasteiger partial charge in [0.15, 0.2) is 5.84 Å². The number of nitrogens with two attached hydrogens (primary N) is 1. The predicted molar refractivity (Wildman–Crippen MR) is 72.8 cm³/mol. The van der Waals surface area contributed by atoms with Gasteiger partial charge in [-0.1, -0.05) is 5.16 Å². The van der Waals surface area contributed by atoms with Crippen LogP contribution in [0.4, 0.5) is 0 Å². The van der Waals surface area contributed by atoms with Crippen molar-refractivity contribution < 1.29 is 14.8 Å². The third-order valence-corrected chi connectivity index (χ3v) is 3.12. The summed E-state index contributed by atoms with van der Waals surface area (Å²) in [6.07, 6.45) is 0. The van der Waals surface area contributed by atoms with Gasteiger partial charge in [0.25, 0.3) is 0 Å². The van der Waals surface area contributed by atoms with Crippen molar-refractivity contribution in [3.8, 4) is 0 Å². The van der Waals surface area contributed by atoms with Gasteiger partial charge in [-0.2, -0.15) is 0 Å². The molecule has 0 saturated heterocycles. The van der Waals surface area contributed by atoms with Crippen LogP contribution in [-0.2, 0) is 9.59 Å². The van der Waals surface area contributed by atoms with Gasteiger partial charge in [0.1, 0.15) is 5.41 Å². The number of nitrogens with zero attached hydrogens (tertiary/aromatic N) is 3. The van der Waals surface area contributed by atoms with E-state index in [0.29, 0.717) is 13.1 Å². The van der Waals surface area contributed by atoms with Gasteiger partial charge in [0.05, 0.1) is 6.54 Å². The van der Waals surface area contributed by atoms with Crippen LogP contribution in [0.25, 0.3) is 0 Å². The van der Waals surface area contributed by atoms with Crippen molar-refractivity contribution in [2.45, 2.75) is 27.7 Å². The van der Waals surface area contributed by atoms with Gasteiger partial charge in [0, 0.05) is 20.1 Å². The molecule has 0 aliphatic heterocycles. The zero-order valence-corrected chi connectivity index (χ0v) is 12.3. The van der Waals surface area contributed by atoms with Crippen molar-refractivity contribution in [3.63, 3.8) is 0 Å². The molecule has 110 valence electrons. The molecule has 0 rings (SSSR count). The zero-order chi connectivity index (χ0) is 15.2. The first-order chi connectivity index (χ1) is 8.72. The number of hydrogen-bond donors (Lipinski definition) is 2. The maximum atomic E-state index is 12.2. The molecular formula is C12H24N4O3. The lowest BCUT2D eigenvalue weighted by Gasteiger charge is -2.29. The second kappa shape index (κ2) is 6.96. The molecule has 0 unspecified atom stereocenters. The number of amides is 2. The highest BCUT2D eigenvalue weighted by Gasteiger charge is 2.36. The first-order valence-electron chi connectivity index (χ1n) is 6.23. The average molecular weight is 272 g/mol. The summed E-state index contributed by atoms with van der Waals surface area (Å²) in [5, 5.41) is 11.5. The number of oxime groups is 1. The van der Waals surface area contributed by atoms with Crippen LogP contribution in [0.15, 0.2) is 5.16 Å². The van der Waals surface area contributed by atoms with Crippen LogP contribution in [0.1, 0.15) is 27.7 Å². The second-order valence-corrected chi connectivity index (χ2v) is 4.84. The van der Waals surface area contributed by atoms with Gasteiger partial charge in [-0.15, -0.1) is 0 Å². The Morgan fingerprint density at radius 3 is 2.11 bits per heavy atom. The summed E-state index contributed by atoms with van der Waals surface area (Å²) in [6, 6.07) is 0. The number of carbonyl (C=O) groups excluding carboxylic acids is 2. The zero-order valence-electron chi connectivity index (χ0n) is 12.3. The topological polar surface area (TPSA) is 99.2 Å². The largest absolute Gasteiger partial charge is 0.409 e. The minimum absolute atomic E-state index is 0.0251. The number of hydrogen-bond acceptors (Lipinski definition) is 4. The normalized spacial score (nSPS) is 12.2. The molecule has 0 radical (unpaired) electrons. The molecule has 3 N–H and O–H groups in total. The van der Waals surface area contributed by atoms with Crippen LogP contribution < -0.4 is 5.73 Å². The highest BCUT2D eigenvalue weighted by Crippen LogP contribution is 2.18. The smallest absolute Gasteiger partial charge is 0.242 e. The molecule has 7 nitrogen and oxygen atoms in total. The molecule has 2 amide bonds. The van der Waals surface area contributed by atoms with Gasteiger partial charge in [-0.3, -0.25) is 9.59 Å². The fourth-order valence-corrected chi connectivity index (χ4v) is 1.66. The third-order valence-electron chi connectivity index (χ3n) is 3.12. The molecule has 7 heteroatoms. The van der Waals surface area contributed by atoms with Crippen LogP contribution in [0.5, 0.6) is 0 Å². The molecule has 0 aliphatic carbocycles. The molecular weight excluding hydrogens is 248 g/mol. The molecule has 0 atom stereocenters. The monoisotopic (exact) mass is 272 g/mol. The van der Waals surface area contributed by atoms with Gasteiger partial charge >= 0.3 is 0 Å². The molecule has 0 fully saturated rings. The highest BCUT2D eigenvalue weighted by molar-refractivity contribution is 6.06. The summed E-state index contributed by atoms with van der Waals surface area (Å²) in [5.74, 6) is -0.681. The standard InChI is InChI=1S/C12H24N4O3/c1-6-16(7-2)9(17)8-15(5)11(18)12(3,4)10(13)14-19/h19H,6-8H2,1-5H3,(H2,13,14). The van der Waals surface area contributed by atoms with E-state index in [-0.39, 0.29) is 24.2 Å². The van der Waals surface area contributed by atoms with E-state index in [1.165, 1.54) is 11.9 Å². The summed E-state index contributed by atoms with van der Waals surface area (Å²) < 4.78 is 0. The van der Waals surface area contributed by atoms with Crippen LogP contribution in [0, 0.1) is 5.41 Å². The van der Waals surface area contributed by atoms with E-state index >= 15 is 0 Å². The lowest BCUT2D eigenvalue weighted by Crippen LogP contribution is -2.49. The van der Waals surface area contributed by atoms with E-state index in [0.717, 1.165) is 0 Å². The Kier molecular flexibility index (Phi) is 6.31. The van der Waals surface area contributed by atoms with E-state index in [1.807, 2.05) is 13.8 Å². The van der Waals surface area contributed by atoms with E-state index in [4.69, 9.17) is 10.9 Å². The van der Waals surface area contributed by atoms with E-state index < -0.39 is 5.41 Å². The fourth-order valence-electron chi connectivity index (χ4n) is 1.66. The molecule has 0 aromatic carbocycles. The lowest BCUT2D eigenvalue weighted by molar-refractivity contribution is -0.142. The van der Waals surface area contributed by atoms with Crippen LogP contribution in [-0.4, -0.2) is 59.3 Å². The molecule has 19 heavy (non-hydrogen) atoms. The molecule has 0 aromatic rings. The third kappa shape index (κ3) is 4.11. The summed E-state index contributed by atoms with van der Waals surface area (Å²) >= 11 is 0. The molecule has 0 saturated carbocycles. The van der Waals surface area contributed by atoms with Gasteiger partial charge in [0.2, 0.25) is 11.8 Å². The Bertz CT molecular complexity index is 362. The van der Waals surface area contributed by atoms with E-state index in [2.05, 4.69) is 5.16 Å². The lowest BCUT2D eigenvalue weighted by atomic mass is 9.90. The maximum Gasteiger partial charge on any atom is 0.242 e. The van der Waals surface area contributed by atoms with Crippen molar-refractivity contribution in [1.82, 2.24) is 9.80 Å². The van der Waals surface area contributed by atoms with Crippen molar-refractivity contribution in [2.75, 3.05) is 26.7 Å². The van der Waals surface area contributed by atoms with Crippen molar-refractivity contribution in [1.29, 1.82) is 0 Å². The molecule has 0 spiro atoms. The molecule has 0 aliphatic rings. The van der Waals surface area contributed by atoms with E-state index in [1.54, 1.807) is 18.7 Å². The summed E-state index contributed by atoms with van der Waals surface area (Å²) in [7, 11) is 1.52. The van der Waals surface area contributed by atoms with Gasteiger partial charge in [-0.05, 0) is 27.7 Å². The Labute approximate surface area is 114 Å². The van der Waals surface area contributed by atoms with Crippen LogP contribution >= 0.6 is 0 Å². The van der Waals surface area contributed by atoms with Crippen LogP contribution in [0.3, 0.4) is 0 Å². The first kappa shape index (κ1) is 17.2. The minimum Gasteiger partial charge on any atom is -0.409 e. The highest BCUT2D eigenvalue weighted by atomic mass is 16.4. The Morgan fingerprint density at radius 1 is 1.26 bits per heavy atom. The quantitative estimate of drug-likeness (QED) is 0.310. The number of carbonyl (C=O) groups is 2. The number of amidine groups is 1. The SMILES string of the molecule is CCN(CC)C(=O)CN(C)C(=O)C(C)(C)C(N)=NO. The second-order valence-electron chi connectivity index (χ2n) is 4.84. The first-order valence-corrected chi connectivity index (χ1v) is 6.23. The van der Waals surface area contributed by atoms with Crippen molar-refractivity contribution in [3.05, 3.63) is 0 Å². The molecule has 0 bridgehead atoms. The van der Waals surface area contributed by atoms with Crippen molar-refractivity contribution in [2.24, 2.45) is 16.3 Å². The minimum atomic E-state index is -1.15. The Morgan fingerprint density at radius 2 is 1.74 bits per heavy atom. The molecule has 0 heterocycles. The fraction of sp³-hybridized carbons (Fsp3) is 0.750.